The third kappa shape index (κ3) is 5.54. The molecule has 0 unspecified atom stereocenters. The third-order valence-corrected chi connectivity index (χ3v) is 4.01. The molecule has 2 rings (SSSR count). The Morgan fingerprint density at radius 2 is 1.67 bits per heavy atom. The average molecular weight is 372 g/mol. The van der Waals surface area contributed by atoms with Crippen molar-refractivity contribution in [3.63, 3.8) is 0 Å². The Morgan fingerprint density at radius 1 is 0.963 bits per heavy atom. The van der Waals surface area contributed by atoms with E-state index in [0.717, 1.165) is 16.9 Å². The van der Waals surface area contributed by atoms with E-state index in [1.807, 2.05) is 50.2 Å². The number of nitrogens with one attached hydrogen (secondary N) is 2. The van der Waals surface area contributed by atoms with E-state index in [-0.39, 0.29) is 5.91 Å². The molecule has 6 heteroatoms. The van der Waals surface area contributed by atoms with E-state index in [1.165, 1.54) is 0 Å². The van der Waals surface area contributed by atoms with Gasteiger partial charge in [-0.2, -0.15) is 0 Å². The van der Waals surface area contributed by atoms with E-state index in [4.69, 9.17) is 14.2 Å². The van der Waals surface area contributed by atoms with E-state index in [9.17, 15) is 4.79 Å². The third-order valence-electron chi connectivity index (χ3n) is 4.01. The van der Waals surface area contributed by atoms with Gasteiger partial charge in [-0.25, -0.2) is 0 Å². The van der Waals surface area contributed by atoms with Crippen molar-refractivity contribution in [3.8, 4) is 17.2 Å². The second-order valence-corrected chi connectivity index (χ2v) is 6.57. The van der Waals surface area contributed by atoms with Crippen LogP contribution in [0.3, 0.4) is 0 Å². The first-order valence-electron chi connectivity index (χ1n) is 8.90. The molecule has 0 aliphatic carbocycles. The molecule has 0 aromatic heterocycles. The van der Waals surface area contributed by atoms with Crippen molar-refractivity contribution in [2.75, 3.05) is 32.0 Å². The Bertz CT molecular complexity index is 775. The lowest BCUT2D eigenvalue weighted by Gasteiger charge is -2.16. The van der Waals surface area contributed by atoms with E-state index >= 15 is 0 Å². The molecule has 27 heavy (non-hydrogen) atoms. The van der Waals surface area contributed by atoms with Crippen LogP contribution >= 0.6 is 0 Å². The highest BCUT2D eigenvalue weighted by molar-refractivity contribution is 5.91. The number of rotatable bonds is 9. The van der Waals surface area contributed by atoms with Crippen LogP contribution in [0.2, 0.25) is 0 Å². The Hall–Kier alpha value is -2.89. The summed E-state index contributed by atoms with van der Waals surface area (Å²) < 4.78 is 16.2. The van der Waals surface area contributed by atoms with Crippen molar-refractivity contribution in [1.82, 2.24) is 0 Å². The van der Waals surface area contributed by atoms with Crippen LogP contribution in [0.4, 0.5) is 11.4 Å². The van der Waals surface area contributed by atoms with Crippen molar-refractivity contribution in [2.45, 2.75) is 26.8 Å². The molecule has 2 aromatic carbocycles. The van der Waals surface area contributed by atoms with Crippen LogP contribution in [0.15, 0.2) is 36.4 Å². The summed E-state index contributed by atoms with van der Waals surface area (Å²) in [7, 11) is 4.78. The molecule has 0 heterocycles. The lowest BCUT2D eigenvalue weighted by Crippen LogP contribution is -2.14. The highest BCUT2D eigenvalue weighted by Gasteiger charge is 2.15. The fraction of sp³-hybridized carbons (Fsp3) is 0.381. The van der Waals surface area contributed by atoms with Crippen LogP contribution < -0.4 is 24.8 Å². The highest BCUT2D eigenvalue weighted by atomic mass is 16.5. The van der Waals surface area contributed by atoms with Gasteiger partial charge in [-0.15, -0.1) is 0 Å². The van der Waals surface area contributed by atoms with Crippen molar-refractivity contribution in [2.24, 2.45) is 5.92 Å². The van der Waals surface area contributed by atoms with E-state index in [1.54, 1.807) is 21.3 Å². The molecule has 1 amide bonds. The molecule has 0 saturated carbocycles. The molecule has 0 aliphatic heterocycles. The molecular formula is C21H28N2O4. The zero-order valence-corrected chi connectivity index (χ0v) is 16.6. The zero-order valence-electron chi connectivity index (χ0n) is 16.6. The monoisotopic (exact) mass is 372 g/mol. The van der Waals surface area contributed by atoms with Crippen molar-refractivity contribution < 1.29 is 19.0 Å². The molecule has 0 bridgehead atoms. The molecule has 146 valence electrons. The summed E-state index contributed by atoms with van der Waals surface area (Å²) in [5, 5.41) is 6.28. The Kier molecular flexibility index (Phi) is 7.34. The number of anilines is 2. The first-order chi connectivity index (χ1) is 13.0. The number of carbonyl (C=O) groups is 1. The molecule has 0 aliphatic rings. The van der Waals surface area contributed by atoms with Crippen LogP contribution in [0.5, 0.6) is 17.2 Å². The highest BCUT2D eigenvalue weighted by Crippen LogP contribution is 2.39. The lowest BCUT2D eigenvalue weighted by atomic mass is 10.1. The summed E-state index contributed by atoms with van der Waals surface area (Å²) in [6.45, 7) is 4.58. The largest absolute Gasteiger partial charge is 0.493 e. The van der Waals surface area contributed by atoms with Crippen molar-refractivity contribution in [3.05, 3.63) is 42.0 Å². The van der Waals surface area contributed by atoms with Crippen LogP contribution in [0.1, 0.15) is 25.8 Å². The standard InChI is InChI=1S/C21H28N2O4/c1-14(2)11-19(24)23-17-8-6-7-16(12-17)22-13-15-9-10-18(25-3)21(27-5)20(15)26-4/h6-10,12,14,22H,11,13H2,1-5H3,(H,23,24). The van der Waals surface area contributed by atoms with Gasteiger partial charge >= 0.3 is 0 Å². The van der Waals surface area contributed by atoms with Crippen LogP contribution in [0, 0.1) is 5.92 Å². The van der Waals surface area contributed by atoms with E-state index in [2.05, 4.69) is 10.6 Å². The lowest BCUT2D eigenvalue weighted by molar-refractivity contribution is -0.116. The fourth-order valence-corrected chi connectivity index (χ4v) is 2.79. The minimum atomic E-state index is 0.0173. The van der Waals surface area contributed by atoms with Crippen LogP contribution in [-0.2, 0) is 11.3 Å². The Balaban J connectivity index is 2.11. The second-order valence-electron chi connectivity index (χ2n) is 6.57. The normalized spacial score (nSPS) is 10.4. The van der Waals surface area contributed by atoms with Gasteiger partial charge in [0.1, 0.15) is 0 Å². The van der Waals surface area contributed by atoms with E-state index in [0.29, 0.717) is 36.1 Å². The van der Waals surface area contributed by atoms with Crippen LogP contribution in [-0.4, -0.2) is 27.2 Å². The molecule has 0 atom stereocenters. The first kappa shape index (κ1) is 20.4. The van der Waals surface area contributed by atoms with Gasteiger partial charge in [0.05, 0.1) is 21.3 Å². The predicted octanol–water partition coefficient (Wildman–Crippen LogP) is 4.31. The van der Waals surface area contributed by atoms with Gasteiger partial charge in [0, 0.05) is 29.9 Å². The molecule has 2 N–H and O–H groups in total. The number of ether oxygens (including phenoxy) is 3. The van der Waals surface area contributed by atoms with E-state index < -0.39 is 0 Å². The quantitative estimate of drug-likeness (QED) is 0.686. The number of methoxy groups -OCH3 is 3. The summed E-state index contributed by atoms with van der Waals surface area (Å²) in [6.07, 6.45) is 0.500. The number of benzene rings is 2. The Labute approximate surface area is 160 Å². The summed E-state index contributed by atoms with van der Waals surface area (Å²) in [5.74, 6) is 2.15. The van der Waals surface area contributed by atoms with Gasteiger partial charge in [-0.3, -0.25) is 4.79 Å². The molecule has 2 aromatic rings. The SMILES string of the molecule is COc1ccc(CNc2cccc(NC(=O)CC(C)C)c2)c(OC)c1OC. The second kappa shape index (κ2) is 9.71. The van der Waals surface area contributed by atoms with Crippen molar-refractivity contribution >= 4 is 17.3 Å². The number of hydrogen-bond acceptors (Lipinski definition) is 5. The summed E-state index contributed by atoms with van der Waals surface area (Å²) in [6, 6.07) is 11.4. The smallest absolute Gasteiger partial charge is 0.224 e. The van der Waals surface area contributed by atoms with Gasteiger partial charge in [-0.1, -0.05) is 19.9 Å². The predicted molar refractivity (Wildman–Crippen MR) is 108 cm³/mol. The Morgan fingerprint density at radius 3 is 2.30 bits per heavy atom. The number of amides is 1. The first-order valence-corrected chi connectivity index (χ1v) is 8.90. The molecule has 6 nitrogen and oxygen atoms in total. The molecule has 0 saturated heterocycles. The van der Waals surface area contributed by atoms with Gasteiger partial charge in [0.15, 0.2) is 11.5 Å². The molecule has 0 fully saturated rings. The maximum Gasteiger partial charge on any atom is 0.224 e. The van der Waals surface area contributed by atoms with Gasteiger partial charge < -0.3 is 24.8 Å². The van der Waals surface area contributed by atoms with Gasteiger partial charge in [0.2, 0.25) is 11.7 Å². The van der Waals surface area contributed by atoms with Gasteiger partial charge in [-0.05, 0) is 36.2 Å². The van der Waals surface area contributed by atoms with Crippen LogP contribution in [0.25, 0.3) is 0 Å². The topological polar surface area (TPSA) is 68.8 Å². The van der Waals surface area contributed by atoms with Crippen molar-refractivity contribution in [1.29, 1.82) is 0 Å². The maximum atomic E-state index is 12.0. The molecular weight excluding hydrogens is 344 g/mol. The molecule has 0 spiro atoms. The molecule has 0 radical (unpaired) electrons. The average Bonchev–Trinajstić information content (AvgIpc) is 2.64. The maximum absolute atomic E-state index is 12.0. The number of hydrogen-bond donors (Lipinski definition) is 2. The zero-order chi connectivity index (χ0) is 19.8. The number of carbonyl (C=O) groups excluding carboxylic acids is 1. The minimum Gasteiger partial charge on any atom is -0.493 e. The van der Waals surface area contributed by atoms with Gasteiger partial charge in [0.25, 0.3) is 0 Å². The summed E-state index contributed by atoms with van der Waals surface area (Å²) in [5.41, 5.74) is 2.60. The fourth-order valence-electron chi connectivity index (χ4n) is 2.79. The summed E-state index contributed by atoms with van der Waals surface area (Å²) >= 11 is 0. The minimum absolute atomic E-state index is 0.0173. The summed E-state index contributed by atoms with van der Waals surface area (Å²) in [4.78, 5) is 12.0.